The molecule has 11 heavy (non-hydrogen) atoms. The molecule has 0 saturated heterocycles. The van der Waals surface area contributed by atoms with Crippen molar-refractivity contribution in [2.75, 3.05) is 0 Å². The molecular formula is C5H10N2O3S. The van der Waals surface area contributed by atoms with E-state index in [1.165, 1.54) is 0 Å². The minimum atomic E-state index is -0.819. The summed E-state index contributed by atoms with van der Waals surface area (Å²) in [5.74, 6) is -1.15. The van der Waals surface area contributed by atoms with Crippen LogP contribution < -0.4 is 11.5 Å². The van der Waals surface area contributed by atoms with E-state index in [1.54, 1.807) is 0 Å². The van der Waals surface area contributed by atoms with Crippen LogP contribution >= 0.6 is 12.9 Å². The summed E-state index contributed by atoms with van der Waals surface area (Å²) in [5, 5.41) is 0. The second-order valence-corrected chi connectivity index (χ2v) is 2.20. The summed E-state index contributed by atoms with van der Waals surface area (Å²) in [4.78, 5) is 20.8. The second kappa shape index (κ2) is 4.97. The van der Waals surface area contributed by atoms with Crippen LogP contribution in [0.1, 0.15) is 12.8 Å². The van der Waals surface area contributed by atoms with Gasteiger partial charge in [-0.1, -0.05) is 0 Å². The van der Waals surface area contributed by atoms with E-state index in [-0.39, 0.29) is 12.8 Å². The minimum Gasteiger partial charge on any atom is -0.393 e. The predicted octanol–water partition coefficient (Wildman–Crippen LogP) is -1.03. The number of thiol groups is 1. The van der Waals surface area contributed by atoms with Crippen LogP contribution in [0.2, 0.25) is 0 Å². The lowest BCUT2D eigenvalue weighted by Crippen LogP contribution is -2.31. The fourth-order valence-electron chi connectivity index (χ4n) is 0.483. The number of hydrogen-bond acceptors (Lipinski definition) is 5. The lowest BCUT2D eigenvalue weighted by atomic mass is 10.2. The molecule has 0 aromatic carbocycles. The molecule has 0 rings (SSSR count). The molecule has 4 N–H and O–H groups in total. The molecule has 1 atom stereocenters. The van der Waals surface area contributed by atoms with Gasteiger partial charge in [0.15, 0.2) is 0 Å². The fourth-order valence-corrected chi connectivity index (χ4v) is 0.619. The van der Waals surface area contributed by atoms with Crippen LogP contribution in [0, 0.1) is 0 Å². The lowest BCUT2D eigenvalue weighted by Gasteiger charge is -2.05. The topological polar surface area (TPSA) is 95.4 Å². The first kappa shape index (κ1) is 10.2. The first-order valence-corrected chi connectivity index (χ1v) is 3.33. The Morgan fingerprint density at radius 2 is 2.09 bits per heavy atom. The SMILES string of the molecule is NC(=O)CC[C@H](N)C(=O)OS. The highest BCUT2D eigenvalue weighted by atomic mass is 32.1. The van der Waals surface area contributed by atoms with Crippen molar-refractivity contribution in [3.63, 3.8) is 0 Å². The molecule has 0 aliphatic carbocycles. The van der Waals surface area contributed by atoms with Gasteiger partial charge in [0, 0.05) is 19.3 Å². The molecule has 0 heterocycles. The molecule has 0 aliphatic heterocycles. The van der Waals surface area contributed by atoms with Crippen LogP contribution in [-0.2, 0) is 13.8 Å². The maximum Gasteiger partial charge on any atom is 0.334 e. The van der Waals surface area contributed by atoms with E-state index in [9.17, 15) is 9.59 Å². The Bertz CT molecular complexity index is 162. The zero-order valence-corrected chi connectivity index (χ0v) is 6.71. The fraction of sp³-hybridized carbons (Fsp3) is 0.600. The van der Waals surface area contributed by atoms with E-state index >= 15 is 0 Å². The number of carbonyl (C=O) groups excluding carboxylic acids is 2. The van der Waals surface area contributed by atoms with Gasteiger partial charge in [0.25, 0.3) is 0 Å². The molecule has 1 amide bonds. The molecule has 0 aliphatic rings. The summed E-state index contributed by atoms with van der Waals surface area (Å²) < 4.78 is 4.02. The summed E-state index contributed by atoms with van der Waals surface area (Å²) >= 11 is 3.25. The Kier molecular flexibility index (Phi) is 4.64. The highest BCUT2D eigenvalue weighted by Crippen LogP contribution is 1.97. The molecule has 5 nitrogen and oxygen atoms in total. The van der Waals surface area contributed by atoms with Crippen molar-refractivity contribution in [3.05, 3.63) is 0 Å². The van der Waals surface area contributed by atoms with Crippen LogP contribution in [-0.4, -0.2) is 17.9 Å². The number of carbonyl (C=O) groups is 2. The third-order valence-corrected chi connectivity index (χ3v) is 1.27. The monoisotopic (exact) mass is 178 g/mol. The molecule has 0 bridgehead atoms. The summed E-state index contributed by atoms with van der Waals surface area (Å²) in [6.45, 7) is 0. The van der Waals surface area contributed by atoms with Crippen molar-refractivity contribution in [2.24, 2.45) is 11.5 Å². The summed E-state index contributed by atoms with van der Waals surface area (Å²) in [6, 6.07) is -0.819. The van der Waals surface area contributed by atoms with Gasteiger partial charge in [0.2, 0.25) is 5.91 Å². The van der Waals surface area contributed by atoms with E-state index in [0.717, 1.165) is 0 Å². The van der Waals surface area contributed by atoms with Gasteiger partial charge in [-0.3, -0.25) is 4.79 Å². The maximum atomic E-state index is 10.5. The highest BCUT2D eigenvalue weighted by molar-refractivity contribution is 7.75. The molecule has 6 heteroatoms. The summed E-state index contributed by atoms with van der Waals surface area (Å²) in [5.41, 5.74) is 10.1. The van der Waals surface area contributed by atoms with Crippen molar-refractivity contribution in [1.29, 1.82) is 0 Å². The van der Waals surface area contributed by atoms with Gasteiger partial charge in [0.1, 0.15) is 6.04 Å². The van der Waals surface area contributed by atoms with Gasteiger partial charge >= 0.3 is 5.97 Å². The van der Waals surface area contributed by atoms with Gasteiger partial charge in [0.05, 0.1) is 0 Å². The van der Waals surface area contributed by atoms with Gasteiger partial charge < -0.3 is 15.7 Å². The molecule has 0 aromatic rings. The maximum absolute atomic E-state index is 10.5. The van der Waals surface area contributed by atoms with Crippen LogP contribution in [0.25, 0.3) is 0 Å². The van der Waals surface area contributed by atoms with Crippen molar-refractivity contribution < 1.29 is 13.8 Å². The third-order valence-electron chi connectivity index (χ3n) is 1.09. The normalized spacial score (nSPS) is 12.2. The van der Waals surface area contributed by atoms with Gasteiger partial charge in [-0.05, 0) is 6.42 Å². The molecule has 0 spiro atoms. The molecule has 0 aromatic heterocycles. The van der Waals surface area contributed by atoms with Crippen LogP contribution in [0.4, 0.5) is 0 Å². The van der Waals surface area contributed by atoms with Crippen LogP contribution in [0.3, 0.4) is 0 Å². The zero-order valence-electron chi connectivity index (χ0n) is 5.82. The highest BCUT2D eigenvalue weighted by Gasteiger charge is 2.14. The van der Waals surface area contributed by atoms with Gasteiger partial charge in [-0.2, -0.15) is 0 Å². The van der Waals surface area contributed by atoms with Crippen molar-refractivity contribution in [2.45, 2.75) is 18.9 Å². The van der Waals surface area contributed by atoms with Crippen LogP contribution in [0.15, 0.2) is 0 Å². The molecular weight excluding hydrogens is 168 g/mol. The Morgan fingerprint density at radius 1 is 1.55 bits per heavy atom. The van der Waals surface area contributed by atoms with Crippen molar-refractivity contribution in [1.82, 2.24) is 0 Å². The number of primary amides is 1. The van der Waals surface area contributed by atoms with Crippen LogP contribution in [0.5, 0.6) is 0 Å². The Hall–Kier alpha value is -0.750. The van der Waals surface area contributed by atoms with Gasteiger partial charge in [-0.25, -0.2) is 4.79 Å². The first-order valence-electron chi connectivity index (χ1n) is 2.97. The van der Waals surface area contributed by atoms with E-state index in [4.69, 9.17) is 11.5 Å². The van der Waals surface area contributed by atoms with Crippen molar-refractivity contribution >= 4 is 24.8 Å². The summed E-state index contributed by atoms with van der Waals surface area (Å²) in [7, 11) is 0. The van der Waals surface area contributed by atoms with E-state index < -0.39 is 17.9 Å². The van der Waals surface area contributed by atoms with E-state index in [1.807, 2.05) is 0 Å². The molecule has 0 unspecified atom stereocenters. The Labute approximate surface area is 69.7 Å². The van der Waals surface area contributed by atoms with E-state index in [0.29, 0.717) is 0 Å². The molecule has 0 fully saturated rings. The average molecular weight is 178 g/mol. The standard InChI is InChI=1S/C5H10N2O3S/c6-3(5(9)10-11)1-2-4(7)8/h3,11H,1-2,6H2,(H2,7,8)/t3-/m0/s1. The number of hydrogen-bond donors (Lipinski definition) is 3. The smallest absolute Gasteiger partial charge is 0.334 e. The largest absolute Gasteiger partial charge is 0.393 e. The van der Waals surface area contributed by atoms with E-state index in [2.05, 4.69) is 17.1 Å². The number of rotatable bonds is 4. The van der Waals surface area contributed by atoms with Gasteiger partial charge in [-0.15, -0.1) is 0 Å². The second-order valence-electron chi connectivity index (χ2n) is 2.02. The minimum absolute atomic E-state index is 0.0735. The quantitative estimate of drug-likeness (QED) is 0.379. The third kappa shape index (κ3) is 4.63. The first-order chi connectivity index (χ1) is 5.07. The molecule has 0 saturated carbocycles. The zero-order chi connectivity index (χ0) is 8.85. The number of nitrogens with two attached hydrogens (primary N) is 2. The number of amides is 1. The predicted molar refractivity (Wildman–Crippen MR) is 41.5 cm³/mol. The average Bonchev–Trinajstić information content (AvgIpc) is 1.98. The summed E-state index contributed by atoms with van der Waals surface area (Å²) in [6.07, 6.45) is 0.263. The lowest BCUT2D eigenvalue weighted by molar-refractivity contribution is -0.134. The Balaban J connectivity index is 3.60. The molecule has 64 valence electrons. The Morgan fingerprint density at radius 3 is 2.45 bits per heavy atom. The van der Waals surface area contributed by atoms with Crippen molar-refractivity contribution in [3.8, 4) is 0 Å². The molecule has 0 radical (unpaired) electrons.